The van der Waals surface area contributed by atoms with Crippen LogP contribution in [0.15, 0.2) is 34.8 Å². The van der Waals surface area contributed by atoms with Gasteiger partial charge in [0.2, 0.25) is 0 Å². The molecule has 0 aliphatic heterocycles. The van der Waals surface area contributed by atoms with Gasteiger partial charge in [0.1, 0.15) is 17.4 Å². The average molecular weight is 217 g/mol. The molecule has 0 saturated heterocycles. The van der Waals surface area contributed by atoms with Crippen molar-refractivity contribution >= 4 is 11.8 Å². The van der Waals surface area contributed by atoms with Gasteiger partial charge in [-0.2, -0.15) is 10.4 Å². The normalized spacial score (nSPS) is 9.87. The summed E-state index contributed by atoms with van der Waals surface area (Å²) in [5.74, 6) is 0. The van der Waals surface area contributed by atoms with E-state index in [0.717, 1.165) is 0 Å². The van der Waals surface area contributed by atoms with Gasteiger partial charge in [-0.25, -0.2) is 14.6 Å². The Labute approximate surface area is 90.8 Å². The third kappa shape index (κ3) is 1.97. The number of rotatable bonds is 2. The molecule has 2 heterocycles. The zero-order valence-electron chi connectivity index (χ0n) is 7.95. The third-order valence-electron chi connectivity index (χ3n) is 1.75. The first-order valence-electron chi connectivity index (χ1n) is 4.18. The van der Waals surface area contributed by atoms with Gasteiger partial charge in [0.15, 0.2) is 5.16 Å². The van der Waals surface area contributed by atoms with E-state index in [1.807, 2.05) is 0 Å². The van der Waals surface area contributed by atoms with Gasteiger partial charge in [0.25, 0.3) is 0 Å². The lowest BCUT2D eigenvalue weighted by Gasteiger charge is -2.00. The largest absolute Gasteiger partial charge is 0.248 e. The summed E-state index contributed by atoms with van der Waals surface area (Å²) < 4.78 is 1.64. The first-order valence-corrected chi connectivity index (χ1v) is 5.00. The Morgan fingerprint density at radius 1 is 1.47 bits per heavy atom. The van der Waals surface area contributed by atoms with Crippen LogP contribution >= 0.6 is 11.8 Å². The summed E-state index contributed by atoms with van der Waals surface area (Å²) in [4.78, 5) is 8.18. The highest BCUT2D eigenvalue weighted by atomic mass is 32.2. The smallest absolute Gasteiger partial charge is 0.192 e. The molecule has 0 N–H and O–H groups in total. The van der Waals surface area contributed by atoms with E-state index in [1.54, 1.807) is 30.1 Å². The van der Waals surface area contributed by atoms with Gasteiger partial charge in [-0.1, -0.05) is 0 Å². The summed E-state index contributed by atoms with van der Waals surface area (Å²) in [7, 11) is 1.80. The van der Waals surface area contributed by atoms with E-state index in [9.17, 15) is 0 Å². The van der Waals surface area contributed by atoms with Crippen molar-refractivity contribution in [1.29, 1.82) is 5.26 Å². The number of pyridine rings is 1. The standard InChI is InChI=1S/C9H7N5S/c1-14-9(12-6-13-14)15-8-7(5-10)3-2-4-11-8/h2-4,6H,1H3. The number of nitrogens with zero attached hydrogens (tertiary/aromatic N) is 5. The fourth-order valence-corrected chi connectivity index (χ4v) is 1.81. The van der Waals surface area contributed by atoms with E-state index in [0.29, 0.717) is 15.7 Å². The number of aryl methyl sites for hydroxylation is 1. The number of hydrogen-bond acceptors (Lipinski definition) is 5. The van der Waals surface area contributed by atoms with Crippen LogP contribution in [0.1, 0.15) is 5.56 Å². The second kappa shape index (κ2) is 4.11. The second-order valence-corrected chi connectivity index (χ2v) is 3.69. The molecule has 0 spiro atoms. The van der Waals surface area contributed by atoms with Gasteiger partial charge in [0, 0.05) is 13.2 Å². The van der Waals surface area contributed by atoms with Crippen LogP contribution in [-0.2, 0) is 7.05 Å². The fourth-order valence-electron chi connectivity index (χ4n) is 1.02. The molecule has 6 heteroatoms. The molecule has 0 aliphatic carbocycles. The highest BCUT2D eigenvalue weighted by Gasteiger charge is 2.08. The van der Waals surface area contributed by atoms with Crippen LogP contribution in [0.5, 0.6) is 0 Å². The van der Waals surface area contributed by atoms with E-state index in [2.05, 4.69) is 21.1 Å². The molecular formula is C9H7N5S. The van der Waals surface area contributed by atoms with Crippen LogP contribution in [0.25, 0.3) is 0 Å². The SMILES string of the molecule is Cn1ncnc1Sc1ncccc1C#N. The van der Waals surface area contributed by atoms with Crippen molar-refractivity contribution in [3.63, 3.8) is 0 Å². The lowest BCUT2D eigenvalue weighted by atomic mass is 10.3. The quantitative estimate of drug-likeness (QED) is 0.756. The average Bonchev–Trinajstić information content (AvgIpc) is 2.65. The molecule has 2 aromatic rings. The highest BCUT2D eigenvalue weighted by Crippen LogP contribution is 2.25. The molecule has 0 atom stereocenters. The third-order valence-corrected chi connectivity index (χ3v) is 2.82. The summed E-state index contributed by atoms with van der Waals surface area (Å²) >= 11 is 1.33. The second-order valence-electron chi connectivity index (χ2n) is 2.74. The Kier molecular flexibility index (Phi) is 2.65. The molecule has 0 amide bonds. The Morgan fingerprint density at radius 2 is 2.33 bits per heavy atom. The van der Waals surface area contributed by atoms with Crippen molar-refractivity contribution in [3.8, 4) is 6.07 Å². The molecule has 15 heavy (non-hydrogen) atoms. The lowest BCUT2D eigenvalue weighted by molar-refractivity contribution is 0.684. The van der Waals surface area contributed by atoms with E-state index in [4.69, 9.17) is 5.26 Å². The van der Waals surface area contributed by atoms with Gasteiger partial charge >= 0.3 is 0 Å². The molecule has 74 valence electrons. The Balaban J connectivity index is 2.33. The summed E-state index contributed by atoms with van der Waals surface area (Å²) in [5.41, 5.74) is 0.547. The Morgan fingerprint density at radius 3 is 3.00 bits per heavy atom. The monoisotopic (exact) mass is 217 g/mol. The maximum absolute atomic E-state index is 8.87. The van der Waals surface area contributed by atoms with E-state index >= 15 is 0 Å². The van der Waals surface area contributed by atoms with Gasteiger partial charge in [0.05, 0.1) is 5.56 Å². The van der Waals surface area contributed by atoms with Crippen LogP contribution < -0.4 is 0 Å². The molecular weight excluding hydrogens is 210 g/mol. The summed E-state index contributed by atoms with van der Waals surface area (Å²) in [6.07, 6.45) is 3.12. The Hall–Kier alpha value is -1.87. The van der Waals surface area contributed by atoms with Crippen LogP contribution in [0, 0.1) is 11.3 Å². The lowest BCUT2D eigenvalue weighted by Crippen LogP contribution is -1.94. The fraction of sp³-hybridized carbons (Fsp3) is 0.111. The van der Waals surface area contributed by atoms with Crippen LogP contribution in [0.2, 0.25) is 0 Å². The van der Waals surface area contributed by atoms with E-state index in [-0.39, 0.29) is 0 Å². The van der Waals surface area contributed by atoms with Gasteiger partial charge in [-0.05, 0) is 23.9 Å². The first-order chi connectivity index (χ1) is 7.31. The molecule has 0 saturated carbocycles. The van der Waals surface area contributed by atoms with Crippen molar-refractivity contribution < 1.29 is 0 Å². The summed E-state index contributed by atoms with van der Waals surface area (Å²) in [6.45, 7) is 0. The molecule has 5 nitrogen and oxygen atoms in total. The molecule has 2 rings (SSSR count). The molecule has 0 aliphatic rings. The van der Waals surface area contributed by atoms with Gasteiger partial charge in [-0.15, -0.1) is 0 Å². The highest BCUT2D eigenvalue weighted by molar-refractivity contribution is 7.99. The van der Waals surface area contributed by atoms with Gasteiger partial charge < -0.3 is 0 Å². The van der Waals surface area contributed by atoms with E-state index in [1.165, 1.54) is 18.1 Å². The van der Waals surface area contributed by atoms with Crippen molar-refractivity contribution in [2.45, 2.75) is 10.2 Å². The van der Waals surface area contributed by atoms with Crippen LogP contribution in [-0.4, -0.2) is 19.7 Å². The molecule has 0 fully saturated rings. The minimum Gasteiger partial charge on any atom is -0.248 e. The zero-order valence-corrected chi connectivity index (χ0v) is 8.77. The maximum Gasteiger partial charge on any atom is 0.192 e. The minimum atomic E-state index is 0.547. The topological polar surface area (TPSA) is 67.4 Å². The van der Waals surface area contributed by atoms with E-state index < -0.39 is 0 Å². The molecule has 2 aromatic heterocycles. The maximum atomic E-state index is 8.87. The molecule has 0 unspecified atom stereocenters. The van der Waals surface area contributed by atoms with Crippen molar-refractivity contribution in [2.75, 3.05) is 0 Å². The van der Waals surface area contributed by atoms with Crippen LogP contribution in [0.3, 0.4) is 0 Å². The van der Waals surface area contributed by atoms with Gasteiger partial charge in [-0.3, -0.25) is 0 Å². The number of hydrogen-bond donors (Lipinski definition) is 0. The number of aromatic nitrogens is 4. The molecule has 0 aromatic carbocycles. The Bertz CT molecular complexity index is 513. The molecule has 0 radical (unpaired) electrons. The van der Waals surface area contributed by atoms with Crippen molar-refractivity contribution in [2.24, 2.45) is 7.05 Å². The van der Waals surface area contributed by atoms with Crippen molar-refractivity contribution in [3.05, 3.63) is 30.2 Å². The number of nitriles is 1. The summed E-state index contributed by atoms with van der Waals surface area (Å²) in [6, 6.07) is 5.55. The van der Waals surface area contributed by atoms with Crippen LogP contribution in [0.4, 0.5) is 0 Å². The molecule has 0 bridgehead atoms. The zero-order chi connectivity index (χ0) is 10.7. The predicted molar refractivity (Wildman–Crippen MR) is 54.1 cm³/mol. The van der Waals surface area contributed by atoms with Crippen molar-refractivity contribution in [1.82, 2.24) is 19.7 Å². The minimum absolute atomic E-state index is 0.547. The summed E-state index contributed by atoms with van der Waals surface area (Å²) in [5, 5.41) is 14.2. The predicted octanol–water partition coefficient (Wildman–Crippen LogP) is 1.23. The first kappa shape index (κ1) is 9.68.